The molecule has 0 unspecified atom stereocenters. The van der Waals surface area contributed by atoms with Crippen molar-refractivity contribution in [3.05, 3.63) is 47.9 Å². The molecular formula is C10H6B2N4. The SMILES string of the molecule is [B]1C=CC=C1c1nnc(C2=CC=C[B]2)nn1. The molecule has 0 atom stereocenters. The van der Waals surface area contributed by atoms with Crippen molar-refractivity contribution in [1.82, 2.24) is 20.4 Å². The second kappa shape index (κ2) is 3.89. The molecule has 4 nitrogen and oxygen atoms in total. The van der Waals surface area contributed by atoms with E-state index in [1.807, 2.05) is 50.8 Å². The summed E-state index contributed by atoms with van der Waals surface area (Å²) in [7, 11) is 3.86. The third-order valence-corrected chi connectivity index (χ3v) is 2.32. The van der Waals surface area contributed by atoms with Gasteiger partial charge in [0.2, 0.25) is 0 Å². The Kier molecular flexibility index (Phi) is 2.25. The predicted octanol–water partition coefficient (Wildman–Crippen LogP) is 0.411. The number of allylic oxidation sites excluding steroid dienone is 4. The largest absolute Gasteiger partial charge is 0.190 e. The van der Waals surface area contributed by atoms with E-state index in [-0.39, 0.29) is 0 Å². The Morgan fingerprint density at radius 2 is 1.12 bits per heavy atom. The fraction of sp³-hybridized carbons (Fsp3) is 0. The lowest BCUT2D eigenvalue weighted by Crippen LogP contribution is -2.07. The van der Waals surface area contributed by atoms with E-state index in [9.17, 15) is 0 Å². The van der Waals surface area contributed by atoms with Gasteiger partial charge in [-0.3, -0.25) is 0 Å². The maximum Gasteiger partial charge on any atom is 0.190 e. The van der Waals surface area contributed by atoms with Crippen LogP contribution in [0.3, 0.4) is 0 Å². The van der Waals surface area contributed by atoms with Crippen molar-refractivity contribution in [2.45, 2.75) is 0 Å². The molecule has 2 radical (unpaired) electrons. The van der Waals surface area contributed by atoms with E-state index in [4.69, 9.17) is 0 Å². The van der Waals surface area contributed by atoms with Crippen LogP contribution in [0.25, 0.3) is 10.9 Å². The summed E-state index contributed by atoms with van der Waals surface area (Å²) in [4.78, 5) is 0. The van der Waals surface area contributed by atoms with Crippen LogP contribution in [0.2, 0.25) is 0 Å². The number of rotatable bonds is 2. The maximum absolute atomic E-state index is 4.05. The van der Waals surface area contributed by atoms with Crippen LogP contribution in [0.4, 0.5) is 0 Å². The summed E-state index contributed by atoms with van der Waals surface area (Å²) >= 11 is 0. The lowest BCUT2D eigenvalue weighted by Gasteiger charge is -2.00. The Hall–Kier alpha value is -1.97. The van der Waals surface area contributed by atoms with Crippen LogP contribution in [0.1, 0.15) is 11.6 Å². The molecule has 1 aromatic heterocycles. The van der Waals surface area contributed by atoms with Crippen molar-refractivity contribution in [2.24, 2.45) is 0 Å². The van der Waals surface area contributed by atoms with E-state index in [2.05, 4.69) is 20.4 Å². The summed E-state index contributed by atoms with van der Waals surface area (Å²) < 4.78 is 0. The standard InChI is InChI=1S/C10H6B2N4/c1-3-7(11-5-1)9-13-15-10(16-14-9)8-4-2-6-12-8/h1-6H. The summed E-state index contributed by atoms with van der Waals surface area (Å²) in [6.07, 6.45) is 7.73. The van der Waals surface area contributed by atoms with Crippen LogP contribution in [0.15, 0.2) is 36.3 Å². The molecule has 3 rings (SSSR count). The summed E-state index contributed by atoms with van der Waals surface area (Å²) in [6, 6.07) is 0. The molecule has 0 spiro atoms. The summed E-state index contributed by atoms with van der Waals surface area (Å²) in [5.41, 5.74) is 1.88. The monoisotopic (exact) mass is 204 g/mol. The van der Waals surface area contributed by atoms with E-state index in [0.29, 0.717) is 11.6 Å². The van der Waals surface area contributed by atoms with Gasteiger partial charge in [-0.05, 0) is 10.9 Å². The molecule has 1 aromatic rings. The summed E-state index contributed by atoms with van der Waals surface area (Å²) in [6.45, 7) is 0. The van der Waals surface area contributed by atoms with Crippen LogP contribution in [0.5, 0.6) is 0 Å². The molecule has 0 amide bonds. The minimum absolute atomic E-state index is 0.556. The minimum Gasteiger partial charge on any atom is -0.127 e. The van der Waals surface area contributed by atoms with Gasteiger partial charge in [-0.2, -0.15) is 0 Å². The Labute approximate surface area is 94.4 Å². The van der Waals surface area contributed by atoms with Gasteiger partial charge in [-0.15, -0.1) is 32.3 Å². The van der Waals surface area contributed by atoms with Crippen LogP contribution in [0, 0.1) is 0 Å². The maximum atomic E-state index is 4.05. The van der Waals surface area contributed by atoms with E-state index >= 15 is 0 Å². The molecule has 0 aromatic carbocycles. The molecular weight excluding hydrogens is 198 g/mol. The van der Waals surface area contributed by atoms with Crippen LogP contribution in [-0.2, 0) is 0 Å². The van der Waals surface area contributed by atoms with E-state index in [1.54, 1.807) is 0 Å². The van der Waals surface area contributed by atoms with Crippen LogP contribution in [-0.4, -0.2) is 35.0 Å². The van der Waals surface area contributed by atoms with Gasteiger partial charge in [0.15, 0.2) is 26.2 Å². The van der Waals surface area contributed by atoms with Crippen molar-refractivity contribution in [3.63, 3.8) is 0 Å². The third-order valence-electron chi connectivity index (χ3n) is 2.32. The molecule has 0 fully saturated rings. The first kappa shape index (κ1) is 9.27. The van der Waals surface area contributed by atoms with Crippen molar-refractivity contribution in [2.75, 3.05) is 0 Å². The molecule has 0 aliphatic carbocycles. The molecule has 2 aliphatic heterocycles. The van der Waals surface area contributed by atoms with Gasteiger partial charge in [0.1, 0.15) is 0 Å². The average Bonchev–Trinajstić information content (AvgIpc) is 3.03. The normalized spacial score (nSPS) is 16.8. The molecule has 0 bridgehead atoms. The topological polar surface area (TPSA) is 51.6 Å². The number of aromatic nitrogens is 4. The second-order valence-corrected chi connectivity index (χ2v) is 3.39. The van der Waals surface area contributed by atoms with Crippen LogP contribution >= 0.6 is 0 Å². The van der Waals surface area contributed by atoms with Gasteiger partial charge in [0.25, 0.3) is 0 Å². The Morgan fingerprint density at radius 3 is 1.44 bits per heavy atom. The minimum atomic E-state index is 0.556. The number of hydrogen-bond acceptors (Lipinski definition) is 4. The first-order valence-corrected chi connectivity index (χ1v) is 4.95. The highest BCUT2D eigenvalue weighted by atomic mass is 15.3. The highest BCUT2D eigenvalue weighted by Crippen LogP contribution is 2.14. The highest BCUT2D eigenvalue weighted by molar-refractivity contribution is 6.67. The van der Waals surface area contributed by atoms with E-state index in [1.165, 1.54) is 0 Å². The molecule has 3 heterocycles. The second-order valence-electron chi connectivity index (χ2n) is 3.39. The molecule has 0 saturated carbocycles. The zero-order chi connectivity index (χ0) is 10.8. The van der Waals surface area contributed by atoms with Crippen molar-refractivity contribution >= 4 is 25.5 Å². The highest BCUT2D eigenvalue weighted by Gasteiger charge is 2.12. The summed E-state index contributed by atoms with van der Waals surface area (Å²) in [5, 5.41) is 16.2. The Balaban J connectivity index is 1.85. The first-order chi connectivity index (χ1) is 7.93. The van der Waals surface area contributed by atoms with Gasteiger partial charge < -0.3 is 0 Å². The molecule has 72 valence electrons. The fourth-order valence-corrected chi connectivity index (χ4v) is 1.51. The number of nitrogens with zero attached hydrogens (tertiary/aromatic N) is 4. The van der Waals surface area contributed by atoms with Gasteiger partial charge in [-0.25, -0.2) is 0 Å². The Bertz CT molecular complexity index is 479. The number of hydrogen-bond donors (Lipinski definition) is 0. The van der Waals surface area contributed by atoms with E-state index in [0.717, 1.165) is 10.9 Å². The van der Waals surface area contributed by atoms with Crippen molar-refractivity contribution in [1.29, 1.82) is 0 Å². The van der Waals surface area contributed by atoms with Gasteiger partial charge >= 0.3 is 0 Å². The zero-order valence-electron chi connectivity index (χ0n) is 8.41. The zero-order valence-corrected chi connectivity index (χ0v) is 8.41. The van der Waals surface area contributed by atoms with Crippen molar-refractivity contribution < 1.29 is 0 Å². The molecule has 2 aliphatic rings. The van der Waals surface area contributed by atoms with E-state index < -0.39 is 0 Å². The van der Waals surface area contributed by atoms with Gasteiger partial charge in [-0.1, -0.05) is 24.3 Å². The molecule has 6 heteroatoms. The van der Waals surface area contributed by atoms with Gasteiger partial charge in [0, 0.05) is 0 Å². The predicted molar refractivity (Wildman–Crippen MR) is 63.4 cm³/mol. The fourth-order valence-electron chi connectivity index (χ4n) is 1.51. The third kappa shape index (κ3) is 1.62. The quantitative estimate of drug-likeness (QED) is 0.654. The molecule has 16 heavy (non-hydrogen) atoms. The molecule has 0 saturated heterocycles. The average molecular weight is 204 g/mol. The summed E-state index contributed by atoms with van der Waals surface area (Å²) in [5.74, 6) is 4.98. The van der Waals surface area contributed by atoms with Crippen LogP contribution < -0.4 is 0 Å². The van der Waals surface area contributed by atoms with Crippen molar-refractivity contribution in [3.8, 4) is 0 Å². The first-order valence-electron chi connectivity index (χ1n) is 4.95. The Morgan fingerprint density at radius 1 is 0.688 bits per heavy atom. The lowest BCUT2D eigenvalue weighted by molar-refractivity contribution is 0.822. The lowest BCUT2D eigenvalue weighted by atomic mass is 9.72. The molecule has 0 N–H and O–H groups in total. The smallest absolute Gasteiger partial charge is 0.127 e. The van der Waals surface area contributed by atoms with Gasteiger partial charge in [0.05, 0.1) is 0 Å².